The summed E-state index contributed by atoms with van der Waals surface area (Å²) in [5.74, 6) is 1.04. The predicted octanol–water partition coefficient (Wildman–Crippen LogP) is 2.68. The van der Waals surface area contributed by atoms with Gasteiger partial charge in [-0.25, -0.2) is 0 Å². The number of nitrogens with two attached hydrogens (primary N) is 1. The number of hydrogen-bond acceptors (Lipinski definition) is 1. The Labute approximate surface area is 64.3 Å². The Balaban J connectivity index is 0.000000236. The number of hydrogen-bond donors (Lipinski definition) is 1. The van der Waals surface area contributed by atoms with Crippen LogP contribution in [0.25, 0.3) is 0 Å². The van der Waals surface area contributed by atoms with E-state index < -0.39 is 0 Å². The third kappa shape index (κ3) is 5.67. The molecule has 0 aromatic heterocycles. The molecule has 0 atom stereocenters. The molecule has 0 spiro atoms. The highest BCUT2D eigenvalue weighted by Crippen LogP contribution is 2.21. The van der Waals surface area contributed by atoms with E-state index in [0.717, 1.165) is 5.92 Å². The highest BCUT2D eigenvalue weighted by molar-refractivity contribution is 4.59. The molecule has 0 radical (unpaired) electrons. The van der Waals surface area contributed by atoms with E-state index in [1.165, 1.54) is 38.3 Å². The lowest BCUT2D eigenvalue weighted by Crippen LogP contribution is -1.99. The average molecular weight is 141 g/mol. The van der Waals surface area contributed by atoms with Crippen LogP contribution in [0.2, 0.25) is 0 Å². The highest BCUT2D eigenvalue weighted by Gasteiger charge is 2.05. The smallest absolute Gasteiger partial charge is 0.0136 e. The molecule has 0 aromatic carbocycles. The fraction of sp³-hybridized carbons (Fsp3) is 0.778. The summed E-state index contributed by atoms with van der Waals surface area (Å²) in [5, 5.41) is 0. The van der Waals surface area contributed by atoms with Crippen LogP contribution >= 0.6 is 0 Å². The third-order valence-electron chi connectivity index (χ3n) is 1.89. The van der Waals surface area contributed by atoms with Crippen molar-refractivity contribution in [2.75, 3.05) is 0 Å². The van der Waals surface area contributed by atoms with E-state index >= 15 is 0 Å². The van der Waals surface area contributed by atoms with Crippen molar-refractivity contribution < 1.29 is 0 Å². The molecule has 0 bridgehead atoms. The van der Waals surface area contributed by atoms with E-state index in [9.17, 15) is 0 Å². The van der Waals surface area contributed by atoms with Gasteiger partial charge in [-0.05, 0) is 12.1 Å². The molecule has 0 amide bonds. The second-order valence-electron chi connectivity index (χ2n) is 2.98. The second-order valence-corrected chi connectivity index (χ2v) is 2.98. The Kier molecular flexibility index (Phi) is 6.35. The van der Waals surface area contributed by atoms with Gasteiger partial charge in [0.15, 0.2) is 0 Å². The molecular weight excluding hydrogens is 122 g/mol. The van der Waals surface area contributed by atoms with E-state index in [1.807, 2.05) is 0 Å². The predicted molar refractivity (Wildman–Crippen MR) is 46.6 cm³/mol. The van der Waals surface area contributed by atoms with Crippen LogP contribution in [0, 0.1) is 5.92 Å². The van der Waals surface area contributed by atoms with Gasteiger partial charge in [0, 0.05) is 0 Å². The van der Waals surface area contributed by atoms with Crippen molar-refractivity contribution in [3.63, 3.8) is 0 Å². The van der Waals surface area contributed by atoms with Gasteiger partial charge in [-0.1, -0.05) is 45.6 Å². The standard InChI is InChI=1S/C7H14.C2H5N/c1-7-5-3-2-4-6-7;1-2-3/h7H,2-6H2,1H3;2H,1,3H2. The van der Waals surface area contributed by atoms with Gasteiger partial charge >= 0.3 is 0 Å². The topological polar surface area (TPSA) is 26.0 Å². The van der Waals surface area contributed by atoms with E-state index in [1.54, 1.807) is 0 Å². The normalized spacial score (nSPS) is 18.9. The Morgan fingerprint density at radius 2 is 1.70 bits per heavy atom. The van der Waals surface area contributed by atoms with Crippen molar-refractivity contribution in [1.82, 2.24) is 0 Å². The molecule has 1 nitrogen and oxygen atoms in total. The van der Waals surface area contributed by atoms with Crippen LogP contribution in [0.1, 0.15) is 39.0 Å². The van der Waals surface area contributed by atoms with Crippen LogP contribution in [0.5, 0.6) is 0 Å². The maximum Gasteiger partial charge on any atom is -0.0136 e. The fourth-order valence-electron chi connectivity index (χ4n) is 1.31. The number of rotatable bonds is 0. The lowest BCUT2D eigenvalue weighted by atomic mass is 9.91. The zero-order valence-corrected chi connectivity index (χ0v) is 6.97. The first kappa shape index (κ1) is 9.54. The molecule has 2 N–H and O–H groups in total. The van der Waals surface area contributed by atoms with Gasteiger partial charge in [0.1, 0.15) is 0 Å². The van der Waals surface area contributed by atoms with Gasteiger partial charge in [0.2, 0.25) is 0 Å². The summed E-state index contributed by atoms with van der Waals surface area (Å²) in [5.41, 5.74) is 4.61. The van der Waals surface area contributed by atoms with Crippen molar-refractivity contribution in [3.05, 3.63) is 12.8 Å². The fourth-order valence-corrected chi connectivity index (χ4v) is 1.31. The molecular formula is C9H19N. The quantitative estimate of drug-likeness (QED) is 0.551. The second kappa shape index (κ2) is 6.66. The Morgan fingerprint density at radius 1 is 1.30 bits per heavy atom. The molecule has 1 rings (SSSR count). The first-order chi connectivity index (χ1) is 4.81. The summed E-state index contributed by atoms with van der Waals surface area (Å²) in [4.78, 5) is 0. The summed E-state index contributed by atoms with van der Waals surface area (Å²) >= 11 is 0. The van der Waals surface area contributed by atoms with E-state index in [0.29, 0.717) is 0 Å². The van der Waals surface area contributed by atoms with Crippen LogP contribution < -0.4 is 5.73 Å². The Bertz CT molecular complexity index is 72.8. The van der Waals surface area contributed by atoms with E-state index in [-0.39, 0.29) is 0 Å². The average Bonchev–Trinajstić information content (AvgIpc) is 1.91. The van der Waals surface area contributed by atoms with Gasteiger partial charge in [-0.15, -0.1) is 0 Å². The van der Waals surface area contributed by atoms with Crippen LogP contribution in [0.15, 0.2) is 12.8 Å². The van der Waals surface area contributed by atoms with Gasteiger partial charge in [0.25, 0.3) is 0 Å². The summed E-state index contributed by atoms with van der Waals surface area (Å²) in [6, 6.07) is 0. The molecule has 1 aliphatic rings. The lowest BCUT2D eigenvalue weighted by molar-refractivity contribution is 0.385. The molecule has 0 aliphatic heterocycles. The van der Waals surface area contributed by atoms with Gasteiger partial charge in [-0.2, -0.15) is 0 Å². The van der Waals surface area contributed by atoms with E-state index in [4.69, 9.17) is 0 Å². The van der Waals surface area contributed by atoms with Crippen LogP contribution in [0.4, 0.5) is 0 Å². The zero-order chi connectivity index (χ0) is 7.82. The Hall–Kier alpha value is -0.460. The van der Waals surface area contributed by atoms with Crippen molar-refractivity contribution in [1.29, 1.82) is 0 Å². The molecule has 60 valence electrons. The summed E-state index contributed by atoms with van der Waals surface area (Å²) in [6.45, 7) is 5.50. The summed E-state index contributed by atoms with van der Waals surface area (Å²) in [6.07, 6.45) is 8.69. The molecule has 1 heteroatoms. The third-order valence-corrected chi connectivity index (χ3v) is 1.89. The molecule has 1 aliphatic carbocycles. The molecule has 0 aromatic rings. The van der Waals surface area contributed by atoms with Crippen molar-refractivity contribution >= 4 is 0 Å². The largest absolute Gasteiger partial charge is 0.405 e. The van der Waals surface area contributed by atoms with Crippen molar-refractivity contribution in [3.8, 4) is 0 Å². The van der Waals surface area contributed by atoms with Crippen LogP contribution in [-0.4, -0.2) is 0 Å². The SMILES string of the molecule is C=CN.CC1CCCCC1. The summed E-state index contributed by atoms with van der Waals surface area (Å²) in [7, 11) is 0. The molecule has 0 unspecified atom stereocenters. The lowest BCUT2D eigenvalue weighted by Gasteiger charge is -2.15. The van der Waals surface area contributed by atoms with Gasteiger partial charge < -0.3 is 5.73 Å². The van der Waals surface area contributed by atoms with Gasteiger partial charge in [0.05, 0.1) is 0 Å². The highest BCUT2D eigenvalue weighted by atomic mass is 14.5. The summed E-state index contributed by atoms with van der Waals surface area (Å²) < 4.78 is 0. The molecule has 1 saturated carbocycles. The van der Waals surface area contributed by atoms with Crippen molar-refractivity contribution in [2.45, 2.75) is 39.0 Å². The maximum absolute atomic E-state index is 4.61. The maximum atomic E-state index is 4.61. The minimum Gasteiger partial charge on any atom is -0.405 e. The van der Waals surface area contributed by atoms with Gasteiger partial charge in [-0.3, -0.25) is 0 Å². The van der Waals surface area contributed by atoms with Crippen LogP contribution in [0.3, 0.4) is 0 Å². The molecule has 1 fully saturated rings. The first-order valence-corrected chi connectivity index (χ1v) is 4.14. The molecule has 0 heterocycles. The zero-order valence-electron chi connectivity index (χ0n) is 6.97. The minimum atomic E-state index is 1.04. The minimum absolute atomic E-state index is 1.04. The molecule has 10 heavy (non-hydrogen) atoms. The first-order valence-electron chi connectivity index (χ1n) is 4.14. The van der Waals surface area contributed by atoms with Crippen LogP contribution in [-0.2, 0) is 0 Å². The monoisotopic (exact) mass is 141 g/mol. The Morgan fingerprint density at radius 3 is 1.90 bits per heavy atom. The van der Waals surface area contributed by atoms with Crippen molar-refractivity contribution in [2.24, 2.45) is 11.7 Å². The van der Waals surface area contributed by atoms with E-state index in [2.05, 4.69) is 19.2 Å². The molecule has 0 saturated heterocycles.